The predicted octanol–water partition coefficient (Wildman–Crippen LogP) is 5.84. The fourth-order valence-electron chi connectivity index (χ4n) is 2.64. The number of aryl methyl sites for hydroxylation is 1. The minimum absolute atomic E-state index is 0.158. The molecule has 0 bridgehead atoms. The van der Waals surface area contributed by atoms with Gasteiger partial charge in [-0.15, -0.1) is 0 Å². The Morgan fingerprint density at radius 3 is 2.45 bits per heavy atom. The predicted molar refractivity (Wildman–Crippen MR) is 116 cm³/mol. The average Bonchev–Trinajstić information content (AvgIpc) is 2.74. The molecule has 0 spiro atoms. The molecular weight excluding hydrogens is 407 g/mol. The van der Waals surface area contributed by atoms with Gasteiger partial charge in [-0.2, -0.15) is 5.26 Å². The molecule has 1 unspecified atom stereocenters. The standard InChI is InChI=1S/C21H25N2O4PS/c1-4-17-13-19(29-15-22)11-12-20(17)23-21(24)18-9-7-16(8-10-18)14-27-28(25,6-3)26-5-2/h7-13H,4-6,14H2,1-3H3,(H,23,24). The lowest BCUT2D eigenvalue weighted by atomic mass is 10.1. The van der Waals surface area contributed by atoms with E-state index in [0.29, 0.717) is 18.3 Å². The third kappa shape index (κ3) is 6.73. The lowest BCUT2D eigenvalue weighted by molar-refractivity contribution is 0.102. The van der Waals surface area contributed by atoms with Crippen LogP contribution in [-0.2, 0) is 26.6 Å². The third-order valence-electron chi connectivity index (χ3n) is 4.23. The van der Waals surface area contributed by atoms with Gasteiger partial charge in [0.25, 0.3) is 5.91 Å². The number of hydrogen-bond donors (Lipinski definition) is 1. The first-order valence-electron chi connectivity index (χ1n) is 9.42. The van der Waals surface area contributed by atoms with Crippen LogP contribution in [-0.4, -0.2) is 18.7 Å². The number of thiocyanates is 1. The van der Waals surface area contributed by atoms with E-state index in [0.717, 1.165) is 39.9 Å². The molecule has 1 atom stereocenters. The molecule has 0 aliphatic rings. The SMILES string of the molecule is CCOP(=O)(CC)OCc1ccc(C(=O)Nc2ccc(SC#N)cc2CC)cc1. The molecule has 0 radical (unpaired) electrons. The van der Waals surface area contributed by atoms with Crippen molar-refractivity contribution in [1.82, 2.24) is 0 Å². The Labute approximate surface area is 176 Å². The van der Waals surface area contributed by atoms with Crippen molar-refractivity contribution in [1.29, 1.82) is 5.26 Å². The lowest BCUT2D eigenvalue weighted by Gasteiger charge is -2.16. The zero-order chi connectivity index (χ0) is 21.3. The summed E-state index contributed by atoms with van der Waals surface area (Å²) in [5, 5.41) is 13.8. The number of benzene rings is 2. The summed E-state index contributed by atoms with van der Waals surface area (Å²) in [6, 6.07) is 12.5. The molecule has 0 heterocycles. The third-order valence-corrected chi connectivity index (χ3v) is 6.76. The molecule has 0 saturated carbocycles. The van der Waals surface area contributed by atoms with Crippen molar-refractivity contribution in [3.8, 4) is 5.40 Å². The van der Waals surface area contributed by atoms with E-state index in [9.17, 15) is 9.36 Å². The fraction of sp³-hybridized carbons (Fsp3) is 0.333. The summed E-state index contributed by atoms with van der Waals surface area (Å²) in [6.45, 7) is 6.03. The number of hydrogen-bond acceptors (Lipinski definition) is 6. The van der Waals surface area contributed by atoms with Crippen LogP contribution in [0.1, 0.15) is 42.3 Å². The molecule has 2 aromatic carbocycles. The van der Waals surface area contributed by atoms with Crippen molar-refractivity contribution in [2.75, 3.05) is 18.1 Å². The first kappa shape index (κ1) is 23.2. The van der Waals surface area contributed by atoms with Gasteiger partial charge in [0.15, 0.2) is 0 Å². The summed E-state index contributed by atoms with van der Waals surface area (Å²) >= 11 is 1.09. The van der Waals surface area contributed by atoms with Crippen molar-refractivity contribution in [2.45, 2.75) is 38.7 Å². The van der Waals surface area contributed by atoms with Crippen LogP contribution in [0.15, 0.2) is 47.4 Å². The van der Waals surface area contributed by atoms with Crippen LogP contribution in [0.25, 0.3) is 0 Å². The second-order valence-corrected chi connectivity index (χ2v) is 9.36. The summed E-state index contributed by atoms with van der Waals surface area (Å²) in [5.74, 6) is -0.221. The van der Waals surface area contributed by atoms with Gasteiger partial charge in [0.05, 0.1) is 13.2 Å². The van der Waals surface area contributed by atoms with Crippen molar-refractivity contribution in [3.63, 3.8) is 0 Å². The van der Waals surface area contributed by atoms with Crippen LogP contribution in [0.5, 0.6) is 0 Å². The van der Waals surface area contributed by atoms with Crippen LogP contribution >= 0.6 is 19.4 Å². The van der Waals surface area contributed by atoms with Gasteiger partial charge in [-0.25, -0.2) is 0 Å². The normalized spacial score (nSPS) is 12.8. The van der Waals surface area contributed by atoms with Gasteiger partial charge in [-0.05, 0) is 66.6 Å². The van der Waals surface area contributed by atoms with E-state index in [2.05, 4.69) is 10.7 Å². The van der Waals surface area contributed by atoms with Crippen molar-refractivity contribution in [3.05, 3.63) is 59.2 Å². The minimum atomic E-state index is -3.06. The molecule has 0 aliphatic carbocycles. The highest BCUT2D eigenvalue weighted by molar-refractivity contribution is 8.03. The number of anilines is 1. The summed E-state index contributed by atoms with van der Waals surface area (Å²) < 4.78 is 23.0. The molecule has 1 amide bonds. The van der Waals surface area contributed by atoms with Crippen LogP contribution in [0.3, 0.4) is 0 Å². The van der Waals surface area contributed by atoms with E-state index >= 15 is 0 Å². The molecule has 29 heavy (non-hydrogen) atoms. The monoisotopic (exact) mass is 432 g/mol. The first-order chi connectivity index (χ1) is 13.9. The lowest BCUT2D eigenvalue weighted by Crippen LogP contribution is -2.13. The van der Waals surface area contributed by atoms with Crippen LogP contribution in [0.4, 0.5) is 5.69 Å². The maximum Gasteiger partial charge on any atom is 0.330 e. The first-order valence-corrected chi connectivity index (χ1v) is 12.0. The largest absolute Gasteiger partial charge is 0.330 e. The Hall–Kier alpha value is -2.10. The van der Waals surface area contributed by atoms with E-state index in [1.165, 1.54) is 0 Å². The summed E-state index contributed by atoms with van der Waals surface area (Å²) in [5.41, 5.74) is 3.01. The Morgan fingerprint density at radius 1 is 1.14 bits per heavy atom. The highest BCUT2D eigenvalue weighted by Gasteiger charge is 2.21. The Morgan fingerprint density at radius 2 is 1.86 bits per heavy atom. The fourth-order valence-corrected chi connectivity index (χ4v) is 4.26. The Balaban J connectivity index is 2.04. The maximum atomic E-state index is 12.6. The number of carbonyl (C=O) groups is 1. The second kappa shape index (κ2) is 11.2. The van der Waals surface area contributed by atoms with E-state index in [4.69, 9.17) is 14.3 Å². The number of nitriles is 1. The summed E-state index contributed by atoms with van der Waals surface area (Å²) in [4.78, 5) is 13.4. The molecule has 0 aliphatic heterocycles. The summed E-state index contributed by atoms with van der Waals surface area (Å²) in [6.07, 6.45) is 1.05. The number of nitrogens with one attached hydrogen (secondary N) is 1. The zero-order valence-electron chi connectivity index (χ0n) is 16.8. The van der Waals surface area contributed by atoms with E-state index in [-0.39, 0.29) is 12.5 Å². The van der Waals surface area contributed by atoms with Gasteiger partial charge in [-0.1, -0.05) is 26.0 Å². The van der Waals surface area contributed by atoms with Crippen LogP contribution < -0.4 is 5.32 Å². The van der Waals surface area contributed by atoms with Crippen LogP contribution in [0, 0.1) is 10.7 Å². The van der Waals surface area contributed by atoms with Gasteiger partial charge >= 0.3 is 7.60 Å². The molecule has 8 heteroatoms. The average molecular weight is 432 g/mol. The van der Waals surface area contributed by atoms with Crippen molar-refractivity contribution < 1.29 is 18.4 Å². The summed E-state index contributed by atoms with van der Waals surface area (Å²) in [7, 11) is -3.06. The number of carbonyl (C=O) groups excluding carboxylic acids is 1. The van der Waals surface area contributed by atoms with Crippen LogP contribution in [0.2, 0.25) is 0 Å². The van der Waals surface area contributed by atoms with Crippen molar-refractivity contribution >= 4 is 31.0 Å². The minimum Gasteiger partial charge on any atom is -0.322 e. The topological polar surface area (TPSA) is 88.4 Å². The zero-order valence-corrected chi connectivity index (χ0v) is 18.5. The molecular formula is C21H25N2O4PS. The van der Waals surface area contributed by atoms with Gasteiger partial charge in [0.1, 0.15) is 5.40 Å². The quantitative estimate of drug-likeness (QED) is 0.288. The number of amides is 1. The number of nitrogens with zero attached hydrogens (tertiary/aromatic N) is 1. The van der Waals surface area contributed by atoms with Crippen molar-refractivity contribution in [2.24, 2.45) is 0 Å². The second-order valence-electron chi connectivity index (χ2n) is 6.14. The highest BCUT2D eigenvalue weighted by Crippen LogP contribution is 2.48. The van der Waals surface area contributed by atoms with E-state index in [1.54, 1.807) is 38.1 Å². The number of thioether (sulfide) groups is 1. The van der Waals surface area contributed by atoms with Gasteiger partial charge in [0.2, 0.25) is 0 Å². The van der Waals surface area contributed by atoms with E-state index < -0.39 is 7.60 Å². The van der Waals surface area contributed by atoms with Gasteiger partial charge < -0.3 is 14.4 Å². The van der Waals surface area contributed by atoms with E-state index in [1.807, 2.05) is 25.1 Å². The molecule has 0 aromatic heterocycles. The molecule has 154 valence electrons. The molecule has 6 nitrogen and oxygen atoms in total. The van der Waals surface area contributed by atoms with Gasteiger partial charge in [-0.3, -0.25) is 9.36 Å². The maximum absolute atomic E-state index is 12.6. The smallest absolute Gasteiger partial charge is 0.322 e. The Bertz CT molecular complexity index is 925. The Kier molecular flexibility index (Phi) is 8.94. The molecule has 1 N–H and O–H groups in total. The molecule has 2 aromatic rings. The molecule has 0 fully saturated rings. The van der Waals surface area contributed by atoms with Gasteiger partial charge in [0, 0.05) is 22.3 Å². The molecule has 0 saturated heterocycles. The molecule has 2 rings (SSSR count). The highest BCUT2D eigenvalue weighted by atomic mass is 32.2. The number of rotatable bonds is 10.